The molecule has 0 bridgehead atoms. The minimum atomic E-state index is 0.501. The van der Waals surface area contributed by atoms with E-state index in [2.05, 4.69) is 86.5 Å². The van der Waals surface area contributed by atoms with Gasteiger partial charge < -0.3 is 14.4 Å². The standard InChI is InChI=1S/C30H36N8/c1-23-12-4-5-13-24(23)21-38-22-25(26-14-6-7-15-27(26)38)20-31-35-28-32-29(36-16-8-2-9-17-36)34-30(33-28)37-18-10-3-11-19-37/h4-7,12-15,20,22H,2-3,8-11,16-19,21H2,1H3,(H,32,33,34,35)/b31-20-. The number of nitrogens with one attached hydrogen (secondary N) is 1. The van der Waals surface area contributed by atoms with Gasteiger partial charge in [0.15, 0.2) is 0 Å². The summed E-state index contributed by atoms with van der Waals surface area (Å²) in [6, 6.07) is 17.0. The van der Waals surface area contributed by atoms with Crippen LogP contribution in [0.1, 0.15) is 55.2 Å². The Balaban J connectivity index is 1.26. The molecule has 196 valence electrons. The van der Waals surface area contributed by atoms with Crippen LogP contribution in [-0.2, 0) is 6.54 Å². The van der Waals surface area contributed by atoms with Gasteiger partial charge in [0.2, 0.25) is 17.8 Å². The van der Waals surface area contributed by atoms with Gasteiger partial charge >= 0.3 is 0 Å². The number of para-hydroxylation sites is 1. The third kappa shape index (κ3) is 5.35. The lowest BCUT2D eigenvalue weighted by atomic mass is 10.1. The van der Waals surface area contributed by atoms with Crippen molar-refractivity contribution in [1.82, 2.24) is 19.5 Å². The van der Waals surface area contributed by atoms with Crippen LogP contribution in [0.2, 0.25) is 0 Å². The molecule has 0 aliphatic carbocycles. The van der Waals surface area contributed by atoms with Crippen LogP contribution in [0.3, 0.4) is 0 Å². The fourth-order valence-corrected chi connectivity index (χ4v) is 5.51. The fourth-order valence-electron chi connectivity index (χ4n) is 5.51. The molecule has 0 amide bonds. The minimum Gasteiger partial charge on any atom is -0.342 e. The van der Waals surface area contributed by atoms with Crippen molar-refractivity contribution in [2.75, 3.05) is 41.4 Å². The smallest absolute Gasteiger partial charge is 0.250 e. The Morgan fingerprint density at radius 3 is 2.11 bits per heavy atom. The van der Waals surface area contributed by atoms with E-state index in [0.717, 1.165) is 50.2 Å². The normalized spacial score (nSPS) is 16.4. The summed E-state index contributed by atoms with van der Waals surface area (Å²) in [5, 5.41) is 5.77. The molecule has 2 saturated heterocycles. The summed E-state index contributed by atoms with van der Waals surface area (Å²) < 4.78 is 2.30. The third-order valence-electron chi connectivity index (χ3n) is 7.68. The van der Waals surface area contributed by atoms with E-state index >= 15 is 0 Å². The van der Waals surface area contributed by atoms with Gasteiger partial charge in [-0.3, -0.25) is 0 Å². The van der Waals surface area contributed by atoms with Crippen molar-refractivity contribution in [2.45, 2.75) is 52.0 Å². The second-order valence-corrected chi connectivity index (χ2v) is 10.4. The molecule has 0 unspecified atom stereocenters. The van der Waals surface area contributed by atoms with E-state index in [9.17, 15) is 0 Å². The number of rotatable bonds is 7. The van der Waals surface area contributed by atoms with Crippen molar-refractivity contribution < 1.29 is 0 Å². The van der Waals surface area contributed by atoms with Gasteiger partial charge in [-0.05, 0) is 62.6 Å². The Hall–Kier alpha value is -3.94. The highest BCUT2D eigenvalue weighted by Crippen LogP contribution is 2.24. The van der Waals surface area contributed by atoms with Crippen LogP contribution < -0.4 is 15.2 Å². The van der Waals surface area contributed by atoms with E-state index in [1.54, 1.807) is 0 Å². The summed E-state index contributed by atoms with van der Waals surface area (Å²) in [6.45, 7) is 6.96. The molecule has 8 nitrogen and oxygen atoms in total. The number of hydrogen-bond acceptors (Lipinski definition) is 7. The van der Waals surface area contributed by atoms with Gasteiger partial charge in [-0.1, -0.05) is 42.5 Å². The molecule has 38 heavy (non-hydrogen) atoms. The maximum Gasteiger partial charge on any atom is 0.250 e. The Bertz CT molecular complexity index is 1380. The lowest BCUT2D eigenvalue weighted by Crippen LogP contribution is -2.34. The molecule has 6 rings (SSSR count). The number of benzene rings is 2. The van der Waals surface area contributed by atoms with E-state index in [-0.39, 0.29) is 0 Å². The quantitative estimate of drug-likeness (QED) is 0.258. The van der Waals surface area contributed by atoms with Gasteiger partial charge in [0, 0.05) is 55.4 Å². The SMILES string of the molecule is Cc1ccccc1Cn1cc(/C=N\Nc2nc(N3CCCCC3)nc(N3CCCCC3)n2)c2ccccc21. The summed E-state index contributed by atoms with van der Waals surface area (Å²) in [5.41, 5.74) is 7.99. The first-order valence-corrected chi connectivity index (χ1v) is 13.9. The van der Waals surface area contributed by atoms with Crippen LogP contribution in [-0.4, -0.2) is 51.9 Å². The van der Waals surface area contributed by atoms with Crippen molar-refractivity contribution >= 4 is 35.0 Å². The lowest BCUT2D eigenvalue weighted by molar-refractivity contribution is 0.556. The van der Waals surface area contributed by atoms with E-state index in [1.165, 1.54) is 60.6 Å². The number of hydrazone groups is 1. The largest absolute Gasteiger partial charge is 0.342 e. The number of fused-ring (bicyclic) bond motifs is 1. The van der Waals surface area contributed by atoms with Gasteiger partial charge in [0.05, 0.1) is 6.21 Å². The number of aryl methyl sites for hydroxylation is 1. The molecule has 2 aliphatic rings. The van der Waals surface area contributed by atoms with Crippen molar-refractivity contribution in [3.63, 3.8) is 0 Å². The Morgan fingerprint density at radius 2 is 1.42 bits per heavy atom. The number of anilines is 3. The molecule has 8 heteroatoms. The summed E-state index contributed by atoms with van der Waals surface area (Å²) in [6.07, 6.45) is 11.3. The van der Waals surface area contributed by atoms with E-state index in [0.29, 0.717) is 5.95 Å². The first kappa shape index (κ1) is 24.4. The van der Waals surface area contributed by atoms with Gasteiger partial charge in [0.25, 0.3) is 0 Å². The van der Waals surface area contributed by atoms with Crippen molar-refractivity contribution in [3.05, 3.63) is 71.4 Å². The molecule has 0 spiro atoms. The van der Waals surface area contributed by atoms with Crippen LogP contribution in [0, 0.1) is 6.92 Å². The van der Waals surface area contributed by atoms with E-state index in [1.807, 2.05) is 6.21 Å². The van der Waals surface area contributed by atoms with Crippen LogP contribution in [0.25, 0.3) is 10.9 Å². The summed E-state index contributed by atoms with van der Waals surface area (Å²) in [5.74, 6) is 2.02. The topological polar surface area (TPSA) is 74.5 Å². The molecule has 0 saturated carbocycles. The zero-order valence-electron chi connectivity index (χ0n) is 22.2. The lowest BCUT2D eigenvalue weighted by Gasteiger charge is -2.30. The first-order chi connectivity index (χ1) is 18.7. The van der Waals surface area contributed by atoms with Crippen LogP contribution in [0.15, 0.2) is 59.8 Å². The van der Waals surface area contributed by atoms with E-state index in [4.69, 9.17) is 15.0 Å². The first-order valence-electron chi connectivity index (χ1n) is 13.9. The maximum absolute atomic E-state index is 4.87. The molecule has 0 radical (unpaired) electrons. The highest BCUT2D eigenvalue weighted by atomic mass is 15.4. The molecular weight excluding hydrogens is 472 g/mol. The monoisotopic (exact) mass is 508 g/mol. The van der Waals surface area contributed by atoms with Crippen LogP contribution in [0.5, 0.6) is 0 Å². The van der Waals surface area contributed by atoms with Crippen LogP contribution in [0.4, 0.5) is 17.8 Å². The van der Waals surface area contributed by atoms with Crippen molar-refractivity contribution in [2.24, 2.45) is 5.10 Å². The van der Waals surface area contributed by atoms with E-state index < -0.39 is 0 Å². The molecule has 0 atom stereocenters. The highest BCUT2D eigenvalue weighted by molar-refractivity contribution is 5.99. The predicted molar refractivity (Wildman–Crippen MR) is 155 cm³/mol. The third-order valence-corrected chi connectivity index (χ3v) is 7.68. The molecule has 2 aromatic carbocycles. The van der Waals surface area contributed by atoms with Crippen molar-refractivity contribution in [1.29, 1.82) is 0 Å². The maximum atomic E-state index is 4.87. The molecule has 4 aromatic rings. The molecule has 2 fully saturated rings. The molecule has 1 N–H and O–H groups in total. The zero-order chi connectivity index (χ0) is 25.7. The zero-order valence-corrected chi connectivity index (χ0v) is 22.2. The Labute approximate surface area is 224 Å². The number of hydrogen-bond donors (Lipinski definition) is 1. The van der Waals surface area contributed by atoms with Crippen molar-refractivity contribution in [3.8, 4) is 0 Å². The van der Waals surface area contributed by atoms with Crippen LogP contribution >= 0.6 is 0 Å². The summed E-state index contributed by atoms with van der Waals surface area (Å²) >= 11 is 0. The second kappa shape index (κ2) is 11.2. The van der Waals surface area contributed by atoms with Gasteiger partial charge in [0.1, 0.15) is 0 Å². The molecule has 4 heterocycles. The minimum absolute atomic E-state index is 0.501. The predicted octanol–water partition coefficient (Wildman–Crippen LogP) is 5.61. The second-order valence-electron chi connectivity index (χ2n) is 10.4. The average molecular weight is 509 g/mol. The number of piperidine rings is 2. The summed E-state index contributed by atoms with van der Waals surface area (Å²) in [7, 11) is 0. The number of aromatic nitrogens is 4. The Kier molecular flexibility index (Phi) is 7.20. The van der Waals surface area contributed by atoms with Gasteiger partial charge in [-0.2, -0.15) is 20.1 Å². The van der Waals surface area contributed by atoms with Gasteiger partial charge in [-0.25, -0.2) is 5.43 Å². The number of nitrogens with zero attached hydrogens (tertiary/aromatic N) is 7. The molecular formula is C30H36N8. The Morgan fingerprint density at radius 1 is 0.789 bits per heavy atom. The fraction of sp³-hybridized carbons (Fsp3) is 0.400. The molecule has 2 aromatic heterocycles. The molecule has 2 aliphatic heterocycles. The average Bonchev–Trinajstić information content (AvgIpc) is 3.32. The highest BCUT2D eigenvalue weighted by Gasteiger charge is 2.20. The summed E-state index contributed by atoms with van der Waals surface area (Å²) in [4.78, 5) is 19.0. The van der Waals surface area contributed by atoms with Gasteiger partial charge in [-0.15, -0.1) is 0 Å².